The van der Waals surface area contributed by atoms with E-state index in [0.717, 1.165) is 51.2 Å². The van der Waals surface area contributed by atoms with E-state index in [9.17, 15) is 0 Å². The molecule has 1 aliphatic rings. The first-order valence-corrected chi connectivity index (χ1v) is 17.5. The van der Waals surface area contributed by atoms with Crippen molar-refractivity contribution in [2.24, 2.45) is 0 Å². The Bertz CT molecular complexity index is 2740. The zero-order valence-electron chi connectivity index (χ0n) is 27.8. The normalized spacial score (nSPS) is 14.2. The highest BCUT2D eigenvalue weighted by Crippen LogP contribution is 2.42. The lowest BCUT2D eigenvalue weighted by molar-refractivity contribution is 0.764. The van der Waals surface area contributed by atoms with Crippen molar-refractivity contribution in [3.63, 3.8) is 0 Å². The quantitative estimate of drug-likeness (QED) is 0.186. The van der Waals surface area contributed by atoms with Crippen LogP contribution >= 0.6 is 0 Å². The Balaban J connectivity index is 1.29. The third-order valence-electron chi connectivity index (χ3n) is 10.1. The molecule has 4 heteroatoms. The van der Waals surface area contributed by atoms with Gasteiger partial charge < -0.3 is 4.57 Å². The zero-order chi connectivity index (χ0) is 33.7. The number of aromatic nitrogens is 4. The van der Waals surface area contributed by atoms with E-state index in [-0.39, 0.29) is 5.92 Å². The van der Waals surface area contributed by atoms with Gasteiger partial charge in [-0.1, -0.05) is 146 Å². The zero-order valence-corrected chi connectivity index (χ0v) is 27.8. The van der Waals surface area contributed by atoms with Crippen molar-refractivity contribution in [2.45, 2.75) is 12.3 Å². The Morgan fingerprint density at radius 2 is 1.04 bits per heavy atom. The molecule has 0 bridgehead atoms. The average molecular weight is 653 g/mol. The van der Waals surface area contributed by atoms with Crippen LogP contribution in [-0.4, -0.2) is 19.5 Å². The summed E-state index contributed by atoms with van der Waals surface area (Å²) in [7, 11) is 0. The maximum atomic E-state index is 5.20. The number of rotatable bonds is 5. The summed E-state index contributed by atoms with van der Waals surface area (Å²) in [6.07, 6.45) is 9.40. The van der Waals surface area contributed by atoms with E-state index in [1.54, 1.807) is 0 Å². The second kappa shape index (κ2) is 12.0. The summed E-state index contributed by atoms with van der Waals surface area (Å²) in [5.41, 5.74) is 7.53. The minimum Gasteiger partial charge on any atom is -0.309 e. The molecular formula is C47H32N4. The predicted octanol–water partition coefficient (Wildman–Crippen LogP) is 11.9. The molecule has 4 nitrogen and oxygen atoms in total. The summed E-state index contributed by atoms with van der Waals surface area (Å²) in [5.74, 6) is 2.20. The molecule has 1 aliphatic carbocycles. The average Bonchev–Trinajstić information content (AvgIpc) is 3.57. The van der Waals surface area contributed by atoms with E-state index in [1.807, 2.05) is 18.2 Å². The summed E-state index contributed by atoms with van der Waals surface area (Å²) in [6.45, 7) is 0. The van der Waals surface area contributed by atoms with Crippen molar-refractivity contribution in [2.75, 3.05) is 0 Å². The van der Waals surface area contributed by atoms with Gasteiger partial charge in [0.2, 0.25) is 0 Å². The maximum Gasteiger partial charge on any atom is 0.163 e. The van der Waals surface area contributed by atoms with E-state index in [4.69, 9.17) is 15.0 Å². The number of fused-ring (bicyclic) bond motifs is 7. The van der Waals surface area contributed by atoms with Gasteiger partial charge in [-0.3, -0.25) is 0 Å². The van der Waals surface area contributed by atoms with Crippen molar-refractivity contribution in [3.05, 3.63) is 182 Å². The Morgan fingerprint density at radius 3 is 1.67 bits per heavy atom. The summed E-state index contributed by atoms with van der Waals surface area (Å²) in [5, 5.41) is 7.48. The van der Waals surface area contributed by atoms with Crippen LogP contribution in [0.15, 0.2) is 176 Å². The smallest absolute Gasteiger partial charge is 0.163 e. The largest absolute Gasteiger partial charge is 0.309 e. The molecule has 240 valence electrons. The maximum absolute atomic E-state index is 5.20. The molecule has 0 spiro atoms. The Labute approximate surface area is 295 Å². The Kier molecular flexibility index (Phi) is 6.91. The number of nitrogens with zero attached hydrogens (tertiary/aromatic N) is 4. The summed E-state index contributed by atoms with van der Waals surface area (Å²) < 4.78 is 2.42. The first-order valence-electron chi connectivity index (χ1n) is 17.5. The third kappa shape index (κ3) is 5.03. The van der Waals surface area contributed by atoms with Crippen LogP contribution in [0, 0.1) is 0 Å². The molecule has 7 aromatic carbocycles. The second-order valence-corrected chi connectivity index (χ2v) is 13.2. The lowest BCUT2D eigenvalue weighted by atomic mass is 9.99. The van der Waals surface area contributed by atoms with Crippen molar-refractivity contribution < 1.29 is 0 Å². The first kappa shape index (κ1) is 29.3. The third-order valence-corrected chi connectivity index (χ3v) is 10.1. The highest BCUT2D eigenvalue weighted by atomic mass is 15.0. The van der Waals surface area contributed by atoms with Crippen LogP contribution in [0.2, 0.25) is 0 Å². The fourth-order valence-electron chi connectivity index (χ4n) is 7.67. The van der Waals surface area contributed by atoms with Crippen molar-refractivity contribution in [1.82, 2.24) is 19.5 Å². The molecule has 2 aromatic heterocycles. The highest BCUT2D eigenvalue weighted by molar-refractivity contribution is 6.28. The molecule has 2 heterocycles. The second-order valence-electron chi connectivity index (χ2n) is 13.2. The van der Waals surface area contributed by atoms with Gasteiger partial charge in [0.05, 0.1) is 11.0 Å². The molecule has 1 unspecified atom stereocenters. The standard InChI is InChI=1S/C47H32N4/c1-4-14-31(15-5-1)36-28-37(47-49-45(34-18-6-2-7-19-34)48-46(50-47)35-20-8-3-9-21-35)30-38(29-36)51-41-26-24-32-16-10-12-22-39(32)43(41)44-40-23-13-11-17-33(40)25-27-42(44)51/h1-20,22-30,35H,21H2. The minimum absolute atomic E-state index is 0.0786. The van der Waals surface area contributed by atoms with Crippen LogP contribution in [0.1, 0.15) is 18.2 Å². The van der Waals surface area contributed by atoms with Crippen LogP contribution < -0.4 is 0 Å². The molecular weight excluding hydrogens is 621 g/mol. The van der Waals surface area contributed by atoms with Gasteiger partial charge in [0.25, 0.3) is 0 Å². The van der Waals surface area contributed by atoms with E-state index in [0.29, 0.717) is 11.6 Å². The number of benzene rings is 7. The molecule has 0 saturated carbocycles. The lowest BCUT2D eigenvalue weighted by Crippen LogP contribution is -2.08. The molecule has 10 rings (SSSR count). The van der Waals surface area contributed by atoms with E-state index < -0.39 is 0 Å². The van der Waals surface area contributed by atoms with Crippen molar-refractivity contribution in [1.29, 1.82) is 0 Å². The van der Waals surface area contributed by atoms with Crippen molar-refractivity contribution in [3.8, 4) is 39.6 Å². The number of hydrogen-bond donors (Lipinski definition) is 0. The molecule has 9 aromatic rings. The molecule has 0 fully saturated rings. The summed E-state index contributed by atoms with van der Waals surface area (Å²) >= 11 is 0. The van der Waals surface area contributed by atoms with Crippen LogP contribution in [0.25, 0.3) is 82.9 Å². The summed E-state index contributed by atoms with van der Waals surface area (Å²) in [4.78, 5) is 15.4. The highest BCUT2D eigenvalue weighted by Gasteiger charge is 2.21. The van der Waals surface area contributed by atoms with Gasteiger partial charge in [0.15, 0.2) is 11.6 Å². The number of hydrogen-bond acceptors (Lipinski definition) is 3. The van der Waals surface area contributed by atoms with Gasteiger partial charge in [-0.2, -0.15) is 0 Å². The first-order chi connectivity index (χ1) is 25.3. The van der Waals surface area contributed by atoms with Crippen LogP contribution in [-0.2, 0) is 0 Å². The van der Waals surface area contributed by atoms with Crippen LogP contribution in [0.4, 0.5) is 0 Å². The summed E-state index contributed by atoms with van der Waals surface area (Å²) in [6, 6.07) is 54.1. The van der Waals surface area contributed by atoms with Gasteiger partial charge in [-0.25, -0.2) is 15.0 Å². The van der Waals surface area contributed by atoms with Gasteiger partial charge in [0.1, 0.15) is 5.82 Å². The molecule has 0 saturated heterocycles. The van der Waals surface area contributed by atoms with E-state index in [1.165, 1.54) is 32.3 Å². The van der Waals surface area contributed by atoms with Crippen LogP contribution in [0.5, 0.6) is 0 Å². The van der Waals surface area contributed by atoms with Crippen LogP contribution in [0.3, 0.4) is 0 Å². The Morgan fingerprint density at radius 1 is 0.471 bits per heavy atom. The minimum atomic E-state index is 0.0786. The lowest BCUT2D eigenvalue weighted by Gasteiger charge is -2.16. The van der Waals surface area contributed by atoms with Gasteiger partial charge in [-0.05, 0) is 69.4 Å². The van der Waals surface area contributed by atoms with E-state index in [2.05, 4.69) is 162 Å². The van der Waals surface area contributed by atoms with E-state index >= 15 is 0 Å². The topological polar surface area (TPSA) is 43.6 Å². The predicted molar refractivity (Wildman–Crippen MR) is 211 cm³/mol. The monoisotopic (exact) mass is 652 g/mol. The molecule has 1 atom stereocenters. The molecule has 0 radical (unpaired) electrons. The van der Waals surface area contributed by atoms with Gasteiger partial charge in [-0.15, -0.1) is 0 Å². The molecule has 0 N–H and O–H groups in total. The van der Waals surface area contributed by atoms with Crippen molar-refractivity contribution >= 4 is 43.4 Å². The van der Waals surface area contributed by atoms with Gasteiger partial charge in [0, 0.05) is 33.5 Å². The molecule has 0 amide bonds. The fraction of sp³-hybridized carbons (Fsp3) is 0.0426. The Hall–Kier alpha value is -6.65. The molecule has 0 aliphatic heterocycles. The van der Waals surface area contributed by atoms with Gasteiger partial charge >= 0.3 is 0 Å². The number of allylic oxidation sites excluding steroid dienone is 4. The fourth-order valence-corrected chi connectivity index (χ4v) is 7.67. The SMILES string of the molecule is C1=CCC(c2nc(-c3ccccc3)nc(-c3cc(-c4ccccc4)cc(-n4c5ccc6ccccc6c5c5c6ccccc6ccc54)c3)n2)C=C1. The molecule has 51 heavy (non-hydrogen) atoms.